The molecule has 1 aliphatic carbocycles. The normalized spacial score (nSPS) is 23.6. The maximum Gasteiger partial charge on any atom is 0.251 e. The van der Waals surface area contributed by atoms with E-state index in [1.165, 1.54) is 31.5 Å². The zero-order valence-corrected chi connectivity index (χ0v) is 10.0. The average molecular weight is 234 g/mol. The second-order valence-electron chi connectivity index (χ2n) is 4.82. The fourth-order valence-electron chi connectivity index (χ4n) is 2.44. The van der Waals surface area contributed by atoms with Gasteiger partial charge in [-0.2, -0.15) is 0 Å². The van der Waals surface area contributed by atoms with E-state index >= 15 is 0 Å². The van der Waals surface area contributed by atoms with E-state index in [-0.39, 0.29) is 11.5 Å². The lowest BCUT2D eigenvalue weighted by molar-refractivity contribution is 0.0944. The van der Waals surface area contributed by atoms with Crippen LogP contribution in [-0.2, 0) is 0 Å². The fourth-order valence-corrected chi connectivity index (χ4v) is 2.44. The van der Waals surface area contributed by atoms with Crippen LogP contribution in [0.5, 0.6) is 0 Å². The van der Waals surface area contributed by atoms with Crippen LogP contribution in [0.4, 0.5) is 0 Å². The number of pyridine rings is 1. The van der Waals surface area contributed by atoms with E-state index in [0.29, 0.717) is 23.9 Å². The zero-order valence-electron chi connectivity index (χ0n) is 10.0. The molecule has 1 aromatic heterocycles. The number of aromatic nitrogens is 1. The predicted molar refractivity (Wildman–Crippen MR) is 65.9 cm³/mol. The molecule has 0 bridgehead atoms. The lowest BCUT2D eigenvalue weighted by Crippen LogP contribution is -2.30. The second kappa shape index (κ2) is 5.17. The first-order valence-corrected chi connectivity index (χ1v) is 6.14. The molecule has 92 valence electrons. The van der Waals surface area contributed by atoms with Crippen molar-refractivity contribution in [3.05, 3.63) is 34.2 Å². The van der Waals surface area contributed by atoms with Gasteiger partial charge in [0.25, 0.3) is 5.91 Å². The van der Waals surface area contributed by atoms with Gasteiger partial charge in [0.15, 0.2) is 0 Å². The van der Waals surface area contributed by atoms with E-state index in [4.69, 9.17) is 0 Å². The van der Waals surface area contributed by atoms with Gasteiger partial charge < -0.3 is 10.3 Å². The number of carbonyl (C=O) groups is 1. The van der Waals surface area contributed by atoms with Crippen molar-refractivity contribution in [1.82, 2.24) is 10.3 Å². The van der Waals surface area contributed by atoms with Gasteiger partial charge in [-0.15, -0.1) is 0 Å². The predicted octanol–water partition coefficient (Wildman–Crippen LogP) is 1.54. The van der Waals surface area contributed by atoms with Crippen molar-refractivity contribution >= 4 is 5.91 Å². The van der Waals surface area contributed by atoms with E-state index < -0.39 is 0 Å². The van der Waals surface area contributed by atoms with Crippen molar-refractivity contribution in [3.63, 3.8) is 0 Å². The Labute approximate surface area is 100 Å². The standard InChI is InChI=1S/C13H18N2O2/c1-9-3-2-4-11(9)8-15-13(17)10-5-6-14-12(16)7-10/h5-7,9,11H,2-4,8H2,1H3,(H,14,16)(H,15,17). The molecule has 1 aliphatic rings. The van der Waals surface area contributed by atoms with E-state index in [1.807, 2.05) is 0 Å². The largest absolute Gasteiger partial charge is 0.352 e. The van der Waals surface area contributed by atoms with Crippen LogP contribution in [0.2, 0.25) is 0 Å². The smallest absolute Gasteiger partial charge is 0.251 e. The van der Waals surface area contributed by atoms with Crippen molar-refractivity contribution in [2.24, 2.45) is 11.8 Å². The summed E-state index contributed by atoms with van der Waals surface area (Å²) in [6, 6.07) is 2.95. The molecule has 0 aliphatic heterocycles. The molecule has 1 saturated carbocycles. The fraction of sp³-hybridized carbons (Fsp3) is 0.538. The van der Waals surface area contributed by atoms with E-state index in [0.717, 1.165) is 0 Å². The molecule has 4 heteroatoms. The zero-order chi connectivity index (χ0) is 12.3. The van der Waals surface area contributed by atoms with Gasteiger partial charge >= 0.3 is 0 Å². The third-order valence-electron chi connectivity index (χ3n) is 3.60. The number of rotatable bonds is 3. The molecule has 2 atom stereocenters. The Hall–Kier alpha value is -1.58. The molecule has 0 radical (unpaired) electrons. The van der Waals surface area contributed by atoms with Gasteiger partial charge in [0, 0.05) is 24.4 Å². The highest BCUT2D eigenvalue weighted by Gasteiger charge is 2.23. The van der Waals surface area contributed by atoms with E-state index in [2.05, 4.69) is 17.2 Å². The number of H-pyrrole nitrogens is 1. The molecule has 1 amide bonds. The quantitative estimate of drug-likeness (QED) is 0.833. The van der Waals surface area contributed by atoms with Gasteiger partial charge in [-0.1, -0.05) is 19.8 Å². The van der Waals surface area contributed by atoms with Crippen LogP contribution in [0.15, 0.2) is 23.1 Å². The summed E-state index contributed by atoms with van der Waals surface area (Å²) in [7, 11) is 0. The summed E-state index contributed by atoms with van der Waals surface area (Å²) in [6.07, 6.45) is 5.20. The molecular weight excluding hydrogens is 216 g/mol. The minimum absolute atomic E-state index is 0.157. The lowest BCUT2D eigenvalue weighted by atomic mass is 9.98. The number of aromatic amines is 1. The van der Waals surface area contributed by atoms with Gasteiger partial charge in [-0.3, -0.25) is 9.59 Å². The SMILES string of the molecule is CC1CCCC1CNC(=O)c1cc[nH]c(=O)c1. The highest BCUT2D eigenvalue weighted by Crippen LogP contribution is 2.30. The molecule has 2 unspecified atom stereocenters. The summed E-state index contributed by atoms with van der Waals surface area (Å²) >= 11 is 0. The monoisotopic (exact) mass is 234 g/mol. The van der Waals surface area contributed by atoms with Crippen molar-refractivity contribution < 1.29 is 4.79 Å². The molecule has 0 spiro atoms. The number of nitrogens with one attached hydrogen (secondary N) is 2. The summed E-state index contributed by atoms with van der Waals surface area (Å²) in [5.74, 6) is 1.12. The highest BCUT2D eigenvalue weighted by atomic mass is 16.2. The number of amides is 1. The van der Waals surface area contributed by atoms with Crippen molar-refractivity contribution in [2.45, 2.75) is 26.2 Å². The van der Waals surface area contributed by atoms with Crippen LogP contribution in [-0.4, -0.2) is 17.4 Å². The van der Waals surface area contributed by atoms with Crippen molar-refractivity contribution in [3.8, 4) is 0 Å². The summed E-state index contributed by atoms with van der Waals surface area (Å²) in [6.45, 7) is 2.95. The van der Waals surface area contributed by atoms with Crippen LogP contribution in [0.3, 0.4) is 0 Å². The average Bonchev–Trinajstić information content (AvgIpc) is 2.72. The summed E-state index contributed by atoms with van der Waals surface area (Å²) in [5, 5.41) is 2.91. The third-order valence-corrected chi connectivity index (χ3v) is 3.60. The summed E-state index contributed by atoms with van der Waals surface area (Å²) in [4.78, 5) is 25.4. The first-order valence-electron chi connectivity index (χ1n) is 6.14. The van der Waals surface area contributed by atoms with Crippen LogP contribution < -0.4 is 10.9 Å². The summed E-state index contributed by atoms with van der Waals surface area (Å²) in [5.41, 5.74) is 0.186. The van der Waals surface area contributed by atoms with E-state index in [1.54, 1.807) is 6.07 Å². The topological polar surface area (TPSA) is 62.0 Å². The molecule has 4 nitrogen and oxygen atoms in total. The third kappa shape index (κ3) is 2.96. The van der Waals surface area contributed by atoms with Crippen LogP contribution >= 0.6 is 0 Å². The van der Waals surface area contributed by atoms with Gasteiger partial charge in [0.2, 0.25) is 5.56 Å². The number of carbonyl (C=O) groups excluding carboxylic acids is 1. The van der Waals surface area contributed by atoms with Crippen molar-refractivity contribution in [2.75, 3.05) is 6.54 Å². The molecule has 1 fully saturated rings. The molecule has 0 aromatic carbocycles. The van der Waals surface area contributed by atoms with Gasteiger partial charge in [-0.05, 0) is 24.3 Å². The summed E-state index contributed by atoms with van der Waals surface area (Å²) < 4.78 is 0. The first kappa shape index (κ1) is 11.9. The molecular formula is C13H18N2O2. The van der Waals surface area contributed by atoms with Crippen LogP contribution in [0.25, 0.3) is 0 Å². The Kier molecular flexibility index (Phi) is 3.61. The second-order valence-corrected chi connectivity index (χ2v) is 4.82. The van der Waals surface area contributed by atoms with Crippen LogP contribution in [0, 0.1) is 11.8 Å². The highest BCUT2D eigenvalue weighted by molar-refractivity contribution is 5.93. The first-order chi connectivity index (χ1) is 8.16. The minimum atomic E-state index is -0.244. The Morgan fingerprint density at radius 1 is 1.53 bits per heavy atom. The maximum absolute atomic E-state index is 11.8. The maximum atomic E-state index is 11.8. The Morgan fingerprint density at radius 2 is 2.35 bits per heavy atom. The van der Waals surface area contributed by atoms with Crippen molar-refractivity contribution in [1.29, 1.82) is 0 Å². The Bertz CT molecular complexity index is 453. The Morgan fingerprint density at radius 3 is 3.00 bits per heavy atom. The Balaban J connectivity index is 1.91. The molecule has 2 N–H and O–H groups in total. The number of hydrogen-bond donors (Lipinski definition) is 2. The molecule has 17 heavy (non-hydrogen) atoms. The van der Waals surface area contributed by atoms with Gasteiger partial charge in [0.05, 0.1) is 0 Å². The molecule has 0 saturated heterocycles. The molecule has 1 heterocycles. The van der Waals surface area contributed by atoms with Gasteiger partial charge in [-0.25, -0.2) is 0 Å². The lowest BCUT2D eigenvalue weighted by Gasteiger charge is -2.15. The van der Waals surface area contributed by atoms with Gasteiger partial charge in [0.1, 0.15) is 0 Å². The number of hydrogen-bond acceptors (Lipinski definition) is 2. The molecule has 2 rings (SSSR count). The minimum Gasteiger partial charge on any atom is -0.352 e. The van der Waals surface area contributed by atoms with Crippen LogP contribution in [0.1, 0.15) is 36.5 Å². The van der Waals surface area contributed by atoms with E-state index in [9.17, 15) is 9.59 Å². The molecule has 1 aromatic rings.